The maximum absolute atomic E-state index is 13.7. The highest BCUT2D eigenvalue weighted by molar-refractivity contribution is 6.55. The summed E-state index contributed by atoms with van der Waals surface area (Å²) in [7, 11) is 0. The third-order valence-electron chi connectivity index (χ3n) is 9.58. The minimum absolute atomic E-state index is 0.0360. The molecule has 0 spiro atoms. The summed E-state index contributed by atoms with van der Waals surface area (Å²) in [5.74, 6) is 0.840. The van der Waals surface area contributed by atoms with E-state index in [4.69, 9.17) is 0 Å². The Hall–Kier alpha value is -2.81. The van der Waals surface area contributed by atoms with E-state index in [1.54, 1.807) is 0 Å². The number of aryl methyl sites for hydroxylation is 2. The zero-order valence-corrected chi connectivity index (χ0v) is 23.5. The molecule has 1 atom stereocenters. The van der Waals surface area contributed by atoms with Gasteiger partial charge < -0.3 is 0 Å². The van der Waals surface area contributed by atoms with Gasteiger partial charge in [0.1, 0.15) is 0 Å². The van der Waals surface area contributed by atoms with Crippen molar-refractivity contribution in [3.63, 3.8) is 0 Å². The van der Waals surface area contributed by atoms with Gasteiger partial charge in [-0.15, -0.1) is 0 Å². The Kier molecular flexibility index (Phi) is 7.84. The fourth-order valence-corrected chi connectivity index (χ4v) is 6.98. The Labute approximate surface area is 228 Å². The minimum Gasteiger partial charge on any atom is -0.294 e. The molecule has 0 radical (unpaired) electrons. The van der Waals surface area contributed by atoms with Crippen LogP contribution < -0.4 is 0 Å². The van der Waals surface area contributed by atoms with Gasteiger partial charge in [-0.3, -0.25) is 14.4 Å². The van der Waals surface area contributed by atoms with Crippen LogP contribution in [0.4, 0.5) is 0 Å². The van der Waals surface area contributed by atoms with Crippen molar-refractivity contribution in [1.82, 2.24) is 0 Å². The predicted molar refractivity (Wildman–Crippen MR) is 153 cm³/mol. The predicted octanol–water partition coefficient (Wildman–Crippen LogP) is 8.00. The van der Waals surface area contributed by atoms with Gasteiger partial charge in [-0.1, -0.05) is 68.7 Å². The van der Waals surface area contributed by atoms with Gasteiger partial charge in [-0.2, -0.15) is 0 Å². The van der Waals surface area contributed by atoms with Crippen LogP contribution in [0.5, 0.6) is 0 Å². The van der Waals surface area contributed by atoms with E-state index < -0.39 is 0 Å². The zero-order valence-electron chi connectivity index (χ0n) is 23.5. The second-order valence-corrected chi connectivity index (χ2v) is 12.5. The molecule has 3 heteroatoms. The lowest BCUT2D eigenvalue weighted by Crippen LogP contribution is -2.28. The quantitative estimate of drug-likeness (QED) is 0.280. The molecular weight excluding hydrogens is 468 g/mol. The maximum Gasteiger partial charge on any atom is 0.229 e. The Bertz CT molecular complexity index is 1250. The molecule has 5 rings (SSSR count). The molecule has 3 nitrogen and oxygen atoms in total. The molecule has 2 aromatic carbocycles. The normalized spacial score (nSPS) is 26.9. The highest BCUT2D eigenvalue weighted by atomic mass is 16.2. The Balaban J connectivity index is 1.28. The number of fused-ring (bicyclic) bond motifs is 1. The van der Waals surface area contributed by atoms with Crippen molar-refractivity contribution in [1.29, 1.82) is 0 Å². The molecule has 38 heavy (non-hydrogen) atoms. The third kappa shape index (κ3) is 5.48. The van der Waals surface area contributed by atoms with Gasteiger partial charge in [0.25, 0.3) is 0 Å². The summed E-state index contributed by atoms with van der Waals surface area (Å²) >= 11 is 0. The van der Waals surface area contributed by atoms with Crippen LogP contribution in [0.2, 0.25) is 0 Å². The largest absolute Gasteiger partial charge is 0.294 e. The van der Waals surface area contributed by atoms with E-state index in [0.29, 0.717) is 17.4 Å². The van der Waals surface area contributed by atoms with Gasteiger partial charge in [-0.05, 0) is 98.9 Å². The molecule has 2 aromatic rings. The van der Waals surface area contributed by atoms with Gasteiger partial charge in [0, 0.05) is 28.9 Å². The highest BCUT2D eigenvalue weighted by Gasteiger charge is 2.35. The number of carbonyl (C=O) groups is 3. The SMILES string of the molecule is Cc1ccc(CC2CCC(C(=O)c3cc4c(cc3C)C(C)C=C4C(=O)C(=O)C3CCC(C)CC3)CC2)cc1. The molecule has 0 saturated heterocycles. The molecule has 3 aliphatic carbocycles. The van der Waals surface area contributed by atoms with Crippen LogP contribution in [0, 0.1) is 37.5 Å². The van der Waals surface area contributed by atoms with E-state index in [1.807, 2.05) is 19.1 Å². The van der Waals surface area contributed by atoms with Crippen molar-refractivity contribution < 1.29 is 14.4 Å². The zero-order chi connectivity index (χ0) is 27.0. The second kappa shape index (κ2) is 11.1. The first-order valence-electron chi connectivity index (χ1n) is 14.8. The minimum atomic E-state index is -0.353. The van der Waals surface area contributed by atoms with Crippen molar-refractivity contribution in [3.8, 4) is 0 Å². The van der Waals surface area contributed by atoms with Crippen molar-refractivity contribution in [3.05, 3.63) is 75.9 Å². The molecule has 1 unspecified atom stereocenters. The van der Waals surface area contributed by atoms with E-state index in [-0.39, 0.29) is 35.1 Å². The number of rotatable bonds is 7. The fourth-order valence-electron chi connectivity index (χ4n) is 6.98. The molecule has 0 bridgehead atoms. The van der Waals surface area contributed by atoms with Crippen LogP contribution >= 0.6 is 0 Å². The Morgan fingerprint density at radius 1 is 0.789 bits per heavy atom. The summed E-state index contributed by atoms with van der Waals surface area (Å²) in [5, 5.41) is 0. The molecular formula is C35H42O3. The summed E-state index contributed by atoms with van der Waals surface area (Å²) in [6, 6.07) is 12.8. The second-order valence-electron chi connectivity index (χ2n) is 12.5. The molecule has 2 fully saturated rings. The lowest BCUT2D eigenvalue weighted by Gasteiger charge is -2.28. The third-order valence-corrected chi connectivity index (χ3v) is 9.58. The van der Waals surface area contributed by atoms with Crippen LogP contribution in [-0.4, -0.2) is 17.3 Å². The van der Waals surface area contributed by atoms with E-state index in [9.17, 15) is 14.4 Å². The van der Waals surface area contributed by atoms with Crippen molar-refractivity contribution in [2.45, 2.75) is 91.4 Å². The molecule has 0 N–H and O–H groups in total. The maximum atomic E-state index is 13.7. The van der Waals surface area contributed by atoms with Gasteiger partial charge in [0.05, 0.1) is 0 Å². The van der Waals surface area contributed by atoms with Gasteiger partial charge in [0.15, 0.2) is 5.78 Å². The number of Topliss-reactive ketones (excluding diaryl/α,β-unsaturated/α-hetero) is 3. The smallest absolute Gasteiger partial charge is 0.229 e. The summed E-state index contributed by atoms with van der Waals surface area (Å²) < 4.78 is 0. The summed E-state index contributed by atoms with van der Waals surface area (Å²) in [5.41, 5.74) is 6.78. The number of hydrogen-bond acceptors (Lipinski definition) is 3. The number of benzene rings is 2. The fraction of sp³-hybridized carbons (Fsp3) is 0.514. The van der Waals surface area contributed by atoms with Crippen molar-refractivity contribution in [2.75, 3.05) is 0 Å². The molecule has 0 heterocycles. The van der Waals surface area contributed by atoms with Crippen molar-refractivity contribution >= 4 is 22.9 Å². The van der Waals surface area contributed by atoms with Crippen LogP contribution in [-0.2, 0) is 16.0 Å². The molecule has 3 aliphatic rings. The standard InChI is InChI=1S/C35H42O3/c1-21-5-9-25(10-6-21)19-26-11-15-27(16-12-26)33(36)30-20-31-29(17-24(30)4)23(3)18-32(31)35(38)34(37)28-13-7-22(2)8-14-28/h5-6,9-10,17-18,20,22-23,26-28H,7-8,11-16,19H2,1-4H3. The number of hydrogen-bond donors (Lipinski definition) is 0. The molecule has 200 valence electrons. The van der Waals surface area contributed by atoms with Crippen LogP contribution in [0.15, 0.2) is 42.5 Å². The first kappa shape index (κ1) is 26.8. The average molecular weight is 511 g/mol. The van der Waals surface area contributed by atoms with Gasteiger partial charge >= 0.3 is 0 Å². The monoisotopic (exact) mass is 510 g/mol. The number of carbonyl (C=O) groups excluding carboxylic acids is 3. The molecule has 0 aromatic heterocycles. The first-order valence-corrected chi connectivity index (χ1v) is 14.8. The van der Waals surface area contributed by atoms with E-state index >= 15 is 0 Å². The van der Waals surface area contributed by atoms with E-state index in [1.165, 1.54) is 11.1 Å². The summed E-state index contributed by atoms with van der Waals surface area (Å²) in [4.78, 5) is 40.3. The summed E-state index contributed by atoms with van der Waals surface area (Å²) in [6.45, 7) is 8.42. The lowest BCUT2D eigenvalue weighted by atomic mass is 9.75. The number of allylic oxidation sites excluding steroid dienone is 2. The highest BCUT2D eigenvalue weighted by Crippen LogP contribution is 2.41. The van der Waals surface area contributed by atoms with Crippen LogP contribution in [0.1, 0.15) is 109 Å². The average Bonchev–Trinajstić information content (AvgIpc) is 3.24. The van der Waals surface area contributed by atoms with E-state index in [0.717, 1.165) is 80.0 Å². The molecule has 2 saturated carbocycles. The topological polar surface area (TPSA) is 51.2 Å². The first-order chi connectivity index (χ1) is 18.2. The number of ketones is 3. The van der Waals surface area contributed by atoms with Gasteiger partial charge in [0.2, 0.25) is 11.6 Å². The van der Waals surface area contributed by atoms with E-state index in [2.05, 4.69) is 51.1 Å². The molecule has 0 aliphatic heterocycles. The molecule has 0 amide bonds. The van der Waals surface area contributed by atoms with Crippen molar-refractivity contribution in [2.24, 2.45) is 23.7 Å². The Morgan fingerprint density at radius 2 is 1.42 bits per heavy atom. The van der Waals surface area contributed by atoms with Crippen LogP contribution in [0.3, 0.4) is 0 Å². The summed E-state index contributed by atoms with van der Waals surface area (Å²) in [6.07, 6.45) is 10.7. The van der Waals surface area contributed by atoms with Gasteiger partial charge in [-0.25, -0.2) is 0 Å². The lowest BCUT2D eigenvalue weighted by molar-refractivity contribution is -0.136. The Morgan fingerprint density at radius 3 is 2.08 bits per heavy atom. The van der Waals surface area contributed by atoms with Crippen LogP contribution in [0.25, 0.3) is 5.57 Å².